The Morgan fingerprint density at radius 2 is 2.17 bits per heavy atom. The monoisotopic (exact) mass is 461 g/mol. The van der Waals surface area contributed by atoms with Gasteiger partial charge in [0.25, 0.3) is 0 Å². The number of nitrogens with one attached hydrogen (secondary N) is 1. The molecule has 1 aliphatic rings. The Labute approximate surface area is 201 Å². The van der Waals surface area contributed by atoms with Crippen LogP contribution in [0.3, 0.4) is 0 Å². The van der Waals surface area contributed by atoms with Gasteiger partial charge in [-0.1, -0.05) is 23.2 Å². The SMILES string of the molecule is [2H]C1([2H])NC([2H])([2H])C([2H])([2H])C(n2cc(-c3cnc(N)c(O[C@]([2H])(c4c(Cl)ccc(F)c4Cl)C([2H])([2H])[2H])c3)cn2)C1([2H])[2H]. The molecule has 1 atom stereocenters. The van der Waals surface area contributed by atoms with Crippen molar-refractivity contribution in [3.05, 3.63) is 58.2 Å². The van der Waals surface area contributed by atoms with Gasteiger partial charge in [0, 0.05) is 49.2 Å². The molecular formula is C21H22Cl2FN5O. The van der Waals surface area contributed by atoms with Crippen LogP contribution in [-0.4, -0.2) is 27.8 Å². The Hall–Kier alpha value is -2.35. The van der Waals surface area contributed by atoms with Gasteiger partial charge in [0.1, 0.15) is 11.9 Å². The molecule has 0 spiro atoms. The van der Waals surface area contributed by atoms with E-state index in [1.807, 2.05) is 0 Å². The van der Waals surface area contributed by atoms with Gasteiger partial charge in [0.2, 0.25) is 0 Å². The fourth-order valence-corrected chi connectivity index (χ4v) is 3.17. The Morgan fingerprint density at radius 1 is 1.37 bits per heavy atom. The first-order valence-corrected chi connectivity index (χ1v) is 9.16. The summed E-state index contributed by atoms with van der Waals surface area (Å²) in [6, 6.07) is 0.929. The third kappa shape index (κ3) is 4.24. The molecule has 158 valence electrons. The number of hydrogen-bond acceptors (Lipinski definition) is 5. The lowest BCUT2D eigenvalue weighted by molar-refractivity contribution is 0.227. The van der Waals surface area contributed by atoms with E-state index in [0.29, 0.717) is 0 Å². The maximum atomic E-state index is 14.3. The summed E-state index contributed by atoms with van der Waals surface area (Å²) in [5, 5.41) is 4.57. The van der Waals surface area contributed by atoms with Crippen molar-refractivity contribution in [2.45, 2.75) is 31.7 Å². The van der Waals surface area contributed by atoms with Crippen LogP contribution in [0, 0.1) is 5.82 Å². The predicted molar refractivity (Wildman–Crippen MR) is 116 cm³/mol. The van der Waals surface area contributed by atoms with Crippen LogP contribution >= 0.6 is 23.2 Å². The first-order chi connectivity index (χ1) is 19.0. The molecule has 3 N–H and O–H groups in total. The Bertz CT molecular complexity index is 1510. The zero-order valence-corrected chi connectivity index (χ0v) is 16.5. The van der Waals surface area contributed by atoms with E-state index < -0.39 is 66.9 Å². The minimum absolute atomic E-state index is 0.0934. The maximum absolute atomic E-state index is 14.3. The molecule has 3 heterocycles. The van der Waals surface area contributed by atoms with Gasteiger partial charge in [-0.05, 0) is 50.8 Å². The summed E-state index contributed by atoms with van der Waals surface area (Å²) in [6.45, 7) is -9.31. The van der Waals surface area contributed by atoms with Crippen LogP contribution < -0.4 is 15.8 Å². The first kappa shape index (κ1) is 10.8. The Balaban J connectivity index is 1.80. The number of piperidine rings is 1. The number of pyridine rings is 1. The van der Waals surface area contributed by atoms with E-state index in [2.05, 4.69) is 10.1 Å². The molecular weight excluding hydrogens is 428 g/mol. The molecule has 9 heteroatoms. The molecule has 0 aliphatic carbocycles. The Morgan fingerprint density at radius 3 is 2.93 bits per heavy atom. The highest BCUT2D eigenvalue weighted by molar-refractivity contribution is 6.36. The van der Waals surface area contributed by atoms with Gasteiger partial charge >= 0.3 is 0 Å². The van der Waals surface area contributed by atoms with Crippen molar-refractivity contribution in [2.24, 2.45) is 0 Å². The normalized spacial score (nSPS) is 30.0. The van der Waals surface area contributed by atoms with Crippen LogP contribution in [0.5, 0.6) is 5.75 Å². The lowest BCUT2D eigenvalue weighted by Gasteiger charge is -2.22. The van der Waals surface area contributed by atoms with Crippen LogP contribution in [0.15, 0.2) is 36.8 Å². The molecule has 1 fully saturated rings. The molecule has 2 aromatic heterocycles. The van der Waals surface area contributed by atoms with E-state index in [1.54, 1.807) is 5.32 Å². The quantitative estimate of drug-likeness (QED) is 0.520. The standard InChI is InChI=1S/C21H22Cl2FN5O/c1-12(19-16(22)2-3-17(24)20(19)23)30-18-8-13(9-27-21(18)25)14-10-28-29(11-14)15-4-6-26-7-5-15/h2-3,8-12,15,26H,4-7H2,1H3,(H2,25,27)/t12-/m0/s1/i1D3,4D2,5D2,6D2,7D2,12D. The maximum Gasteiger partial charge on any atom is 0.166 e. The van der Waals surface area contributed by atoms with Crippen LogP contribution in [0.2, 0.25) is 10.0 Å². The van der Waals surface area contributed by atoms with Gasteiger partial charge in [0.15, 0.2) is 11.6 Å². The average molecular weight is 462 g/mol. The smallest absolute Gasteiger partial charge is 0.166 e. The molecule has 3 aromatic rings. The van der Waals surface area contributed by atoms with E-state index in [9.17, 15) is 4.39 Å². The molecule has 0 bridgehead atoms. The highest BCUT2D eigenvalue weighted by atomic mass is 35.5. The number of nitrogens with two attached hydrogens (primary N) is 1. The van der Waals surface area contributed by atoms with E-state index in [0.717, 1.165) is 35.3 Å². The van der Waals surface area contributed by atoms with Crippen molar-refractivity contribution in [3.63, 3.8) is 0 Å². The minimum atomic E-state index is -3.30. The second kappa shape index (κ2) is 8.79. The number of ether oxygens (including phenoxy) is 1. The molecule has 1 aromatic carbocycles. The molecule has 30 heavy (non-hydrogen) atoms. The average Bonchev–Trinajstić information content (AvgIpc) is 3.30. The zero-order valence-electron chi connectivity index (χ0n) is 27.0. The van der Waals surface area contributed by atoms with E-state index in [1.165, 1.54) is 6.20 Å². The predicted octanol–water partition coefficient (Wildman–Crippen LogP) is 5.04. The van der Waals surface area contributed by atoms with Gasteiger partial charge in [0.05, 0.1) is 18.6 Å². The second-order valence-electron chi connectivity index (χ2n) is 6.03. The number of hydrogen-bond donors (Lipinski definition) is 2. The fraction of sp³-hybridized carbons (Fsp3) is 0.333. The first-order valence-electron chi connectivity index (χ1n) is 14.4. The van der Waals surface area contributed by atoms with Gasteiger partial charge in [-0.25, -0.2) is 9.37 Å². The zero-order chi connectivity index (χ0) is 31.8. The minimum Gasteiger partial charge on any atom is -0.482 e. The molecule has 1 saturated heterocycles. The summed E-state index contributed by atoms with van der Waals surface area (Å²) < 4.78 is 118. The highest BCUT2D eigenvalue weighted by Gasteiger charge is 2.21. The number of benzene rings is 1. The molecule has 0 radical (unpaired) electrons. The van der Waals surface area contributed by atoms with Crippen LogP contribution in [0.4, 0.5) is 10.2 Å². The number of halogens is 3. The second-order valence-corrected chi connectivity index (χ2v) is 6.82. The van der Waals surface area contributed by atoms with E-state index >= 15 is 0 Å². The van der Waals surface area contributed by atoms with Crippen molar-refractivity contribution < 1.29 is 25.6 Å². The fourth-order valence-electron chi connectivity index (χ4n) is 2.63. The number of nitrogens with zero attached hydrogens (tertiary/aromatic N) is 3. The molecule has 4 rings (SSSR count). The van der Waals surface area contributed by atoms with Crippen LogP contribution in [0.1, 0.15) is 53.7 Å². The third-order valence-electron chi connectivity index (χ3n) is 4.11. The number of anilines is 1. The summed E-state index contributed by atoms with van der Waals surface area (Å²) in [5.41, 5.74) is 5.40. The van der Waals surface area contributed by atoms with Gasteiger partial charge in [-0.2, -0.15) is 5.10 Å². The lowest BCUT2D eigenvalue weighted by atomic mass is 10.1. The molecule has 1 aliphatic heterocycles. The van der Waals surface area contributed by atoms with Crippen molar-refractivity contribution >= 4 is 29.0 Å². The largest absolute Gasteiger partial charge is 0.482 e. The van der Waals surface area contributed by atoms with Gasteiger partial charge < -0.3 is 15.8 Å². The number of nitrogen functional groups attached to an aromatic ring is 1. The lowest BCUT2D eigenvalue weighted by Crippen LogP contribution is -2.29. The summed E-state index contributed by atoms with van der Waals surface area (Å²) in [7, 11) is 0. The summed E-state index contributed by atoms with van der Waals surface area (Å²) >= 11 is 12.1. The Kier molecular flexibility index (Phi) is 3.16. The molecule has 0 saturated carbocycles. The third-order valence-corrected chi connectivity index (χ3v) is 4.79. The summed E-state index contributed by atoms with van der Waals surface area (Å²) in [4.78, 5) is 3.93. The van der Waals surface area contributed by atoms with Crippen LogP contribution in [0.25, 0.3) is 11.1 Å². The highest BCUT2D eigenvalue weighted by Crippen LogP contribution is 2.37. The van der Waals surface area contributed by atoms with Crippen molar-refractivity contribution in [2.75, 3.05) is 18.7 Å². The van der Waals surface area contributed by atoms with E-state index in [4.69, 9.17) is 50.1 Å². The molecule has 0 unspecified atom stereocenters. The van der Waals surface area contributed by atoms with Gasteiger partial charge in [-0.3, -0.25) is 4.68 Å². The van der Waals surface area contributed by atoms with Crippen LogP contribution in [-0.2, 0) is 0 Å². The number of aromatic nitrogens is 3. The number of rotatable bonds is 5. The molecule has 6 nitrogen and oxygen atoms in total. The van der Waals surface area contributed by atoms with E-state index in [-0.39, 0.29) is 22.0 Å². The summed E-state index contributed by atoms with van der Waals surface area (Å²) in [6.07, 6.45) is -5.70. The van der Waals surface area contributed by atoms with Crippen molar-refractivity contribution in [3.8, 4) is 16.9 Å². The van der Waals surface area contributed by atoms with Gasteiger partial charge in [-0.15, -0.1) is 0 Å². The van der Waals surface area contributed by atoms with Crippen molar-refractivity contribution in [1.82, 2.24) is 20.1 Å². The topological polar surface area (TPSA) is 78.0 Å². The molecule has 0 amide bonds. The summed E-state index contributed by atoms with van der Waals surface area (Å²) in [5.74, 6) is -1.91. The van der Waals surface area contributed by atoms with Crippen molar-refractivity contribution in [1.29, 1.82) is 0 Å².